The molecule has 0 aromatic carbocycles. The third-order valence-electron chi connectivity index (χ3n) is 4.52. The Kier molecular flexibility index (Phi) is 4.97. The van der Waals surface area contributed by atoms with E-state index in [2.05, 4.69) is 15.1 Å². The number of hydrogen-bond donors (Lipinski definition) is 0. The highest BCUT2D eigenvalue weighted by atomic mass is 16.5. The van der Waals surface area contributed by atoms with Crippen molar-refractivity contribution in [1.82, 2.24) is 24.6 Å². The summed E-state index contributed by atoms with van der Waals surface area (Å²) < 4.78 is 7.35. The van der Waals surface area contributed by atoms with Crippen molar-refractivity contribution in [2.75, 3.05) is 13.1 Å². The molecule has 2 aromatic heterocycles. The van der Waals surface area contributed by atoms with Gasteiger partial charge in [-0.3, -0.25) is 4.79 Å². The van der Waals surface area contributed by atoms with Crippen molar-refractivity contribution >= 4 is 5.91 Å². The molecule has 0 radical (unpaired) electrons. The number of aryl methyl sites for hydroxylation is 1. The van der Waals surface area contributed by atoms with E-state index in [9.17, 15) is 4.79 Å². The van der Waals surface area contributed by atoms with Gasteiger partial charge in [0.1, 0.15) is 12.4 Å². The largest absolute Gasteiger partial charge is 0.340 e. The zero-order chi connectivity index (χ0) is 17.1. The average molecular weight is 331 g/mol. The Balaban J connectivity index is 1.65. The number of carbonyl (C=O) groups is 1. The van der Waals surface area contributed by atoms with Gasteiger partial charge in [-0.05, 0) is 12.8 Å². The molecular weight excluding hydrogens is 306 g/mol. The van der Waals surface area contributed by atoms with Gasteiger partial charge in [0.15, 0.2) is 5.82 Å². The van der Waals surface area contributed by atoms with Crippen molar-refractivity contribution in [3.05, 3.63) is 29.9 Å². The van der Waals surface area contributed by atoms with Crippen molar-refractivity contribution in [1.29, 1.82) is 0 Å². The zero-order valence-corrected chi connectivity index (χ0v) is 14.6. The van der Waals surface area contributed by atoms with Crippen molar-refractivity contribution in [3.63, 3.8) is 0 Å². The number of nitrogens with zero attached hydrogens (tertiary/aromatic N) is 5. The van der Waals surface area contributed by atoms with Crippen molar-refractivity contribution in [2.24, 2.45) is 0 Å². The highest BCUT2D eigenvalue weighted by Crippen LogP contribution is 2.27. The second-order valence-electron chi connectivity index (χ2n) is 6.65. The summed E-state index contributed by atoms with van der Waals surface area (Å²) >= 11 is 0. The summed E-state index contributed by atoms with van der Waals surface area (Å²) in [5.41, 5.74) is 0. The molecule has 0 aliphatic carbocycles. The molecule has 1 atom stereocenters. The van der Waals surface area contributed by atoms with Crippen LogP contribution in [-0.2, 0) is 17.8 Å². The molecular formula is C17H25N5O2. The molecule has 130 valence electrons. The van der Waals surface area contributed by atoms with Gasteiger partial charge in [0.05, 0.1) is 5.92 Å². The van der Waals surface area contributed by atoms with E-state index >= 15 is 0 Å². The SMILES string of the molecule is CCc1nccn1CC(=O)N1CCCC(c2nc(C(C)C)no2)C1. The van der Waals surface area contributed by atoms with Gasteiger partial charge in [-0.15, -0.1) is 0 Å². The maximum atomic E-state index is 12.6. The number of piperidine rings is 1. The number of carbonyl (C=O) groups excluding carboxylic acids is 1. The van der Waals surface area contributed by atoms with E-state index in [4.69, 9.17) is 4.52 Å². The molecule has 1 amide bonds. The Bertz CT molecular complexity index is 691. The number of aromatic nitrogens is 4. The molecule has 3 heterocycles. The number of amides is 1. The molecule has 7 nitrogen and oxygen atoms in total. The zero-order valence-electron chi connectivity index (χ0n) is 14.6. The molecule has 1 unspecified atom stereocenters. The van der Waals surface area contributed by atoms with Crippen molar-refractivity contribution in [3.8, 4) is 0 Å². The molecule has 0 N–H and O–H groups in total. The van der Waals surface area contributed by atoms with Crippen LogP contribution in [0.1, 0.15) is 63.0 Å². The molecule has 0 saturated carbocycles. The van der Waals surface area contributed by atoms with Crippen LogP contribution in [0, 0.1) is 0 Å². The number of hydrogen-bond acceptors (Lipinski definition) is 5. The van der Waals surface area contributed by atoms with Gasteiger partial charge >= 0.3 is 0 Å². The van der Waals surface area contributed by atoms with Gasteiger partial charge in [-0.25, -0.2) is 4.98 Å². The Morgan fingerprint density at radius 2 is 2.29 bits per heavy atom. The van der Waals surface area contributed by atoms with E-state index in [1.165, 1.54) is 0 Å². The van der Waals surface area contributed by atoms with Gasteiger partial charge in [-0.2, -0.15) is 4.98 Å². The summed E-state index contributed by atoms with van der Waals surface area (Å²) in [6.07, 6.45) is 6.38. The van der Waals surface area contributed by atoms with Crippen LogP contribution in [0.25, 0.3) is 0 Å². The normalized spacial score (nSPS) is 18.3. The smallest absolute Gasteiger partial charge is 0.242 e. The first kappa shape index (κ1) is 16.7. The maximum absolute atomic E-state index is 12.6. The first-order valence-corrected chi connectivity index (χ1v) is 8.69. The topological polar surface area (TPSA) is 77.1 Å². The summed E-state index contributed by atoms with van der Waals surface area (Å²) in [6, 6.07) is 0. The van der Waals surface area contributed by atoms with Crippen LogP contribution >= 0.6 is 0 Å². The quantitative estimate of drug-likeness (QED) is 0.840. The van der Waals surface area contributed by atoms with E-state index in [0.29, 0.717) is 19.0 Å². The lowest BCUT2D eigenvalue weighted by atomic mass is 9.98. The molecule has 1 aliphatic heterocycles. The third kappa shape index (κ3) is 3.49. The lowest BCUT2D eigenvalue weighted by Gasteiger charge is -2.31. The van der Waals surface area contributed by atoms with Gasteiger partial charge in [0, 0.05) is 37.8 Å². The minimum Gasteiger partial charge on any atom is -0.340 e. The monoisotopic (exact) mass is 331 g/mol. The fraction of sp³-hybridized carbons (Fsp3) is 0.647. The number of imidazole rings is 1. The molecule has 1 fully saturated rings. The second-order valence-corrected chi connectivity index (χ2v) is 6.65. The van der Waals surface area contributed by atoms with E-state index in [-0.39, 0.29) is 17.7 Å². The van der Waals surface area contributed by atoms with Crippen molar-refractivity contribution < 1.29 is 9.32 Å². The summed E-state index contributed by atoms with van der Waals surface area (Å²) in [7, 11) is 0. The predicted octanol–water partition coefficient (Wildman–Crippen LogP) is 2.36. The Labute approximate surface area is 142 Å². The summed E-state index contributed by atoms with van der Waals surface area (Å²) in [6.45, 7) is 7.91. The fourth-order valence-corrected chi connectivity index (χ4v) is 3.10. The first-order valence-electron chi connectivity index (χ1n) is 8.69. The second kappa shape index (κ2) is 7.15. The standard InChI is InChI=1S/C17H25N5O2/c1-4-14-18-7-9-21(14)11-15(23)22-8-5-6-13(10-22)17-19-16(12(2)3)20-24-17/h7,9,12-13H,4-6,8,10-11H2,1-3H3. The molecule has 7 heteroatoms. The van der Waals surface area contributed by atoms with E-state index in [1.807, 2.05) is 36.4 Å². The Hall–Kier alpha value is -2.18. The molecule has 24 heavy (non-hydrogen) atoms. The lowest BCUT2D eigenvalue weighted by molar-refractivity contribution is -0.133. The van der Waals surface area contributed by atoms with Gasteiger partial charge in [0.25, 0.3) is 0 Å². The third-order valence-corrected chi connectivity index (χ3v) is 4.52. The number of likely N-dealkylation sites (tertiary alicyclic amines) is 1. The molecule has 3 rings (SSSR count). The summed E-state index contributed by atoms with van der Waals surface area (Å²) in [5.74, 6) is 2.84. The van der Waals surface area contributed by atoms with Crippen LogP contribution in [0.5, 0.6) is 0 Å². The highest BCUT2D eigenvalue weighted by Gasteiger charge is 2.29. The van der Waals surface area contributed by atoms with Crippen LogP contribution in [0.4, 0.5) is 0 Å². The van der Waals surface area contributed by atoms with Gasteiger partial charge in [0.2, 0.25) is 11.8 Å². The van der Waals surface area contributed by atoms with Crippen LogP contribution < -0.4 is 0 Å². The van der Waals surface area contributed by atoms with E-state index < -0.39 is 0 Å². The minimum absolute atomic E-state index is 0.121. The molecule has 2 aromatic rings. The Morgan fingerprint density at radius 1 is 1.46 bits per heavy atom. The summed E-state index contributed by atoms with van der Waals surface area (Å²) in [4.78, 5) is 23.3. The average Bonchev–Trinajstić information content (AvgIpc) is 3.24. The Morgan fingerprint density at radius 3 is 3.00 bits per heavy atom. The minimum atomic E-state index is 0.121. The van der Waals surface area contributed by atoms with Crippen molar-refractivity contribution in [2.45, 2.75) is 58.4 Å². The maximum Gasteiger partial charge on any atom is 0.242 e. The number of rotatable bonds is 5. The van der Waals surface area contributed by atoms with Crippen LogP contribution in [0.15, 0.2) is 16.9 Å². The fourth-order valence-electron chi connectivity index (χ4n) is 3.10. The molecule has 0 bridgehead atoms. The molecule has 1 aliphatic rings. The van der Waals surface area contributed by atoms with Gasteiger partial charge in [-0.1, -0.05) is 25.9 Å². The lowest BCUT2D eigenvalue weighted by Crippen LogP contribution is -2.41. The van der Waals surface area contributed by atoms with E-state index in [0.717, 1.165) is 37.5 Å². The summed E-state index contributed by atoms with van der Waals surface area (Å²) in [5, 5.41) is 4.04. The van der Waals surface area contributed by atoms with Crippen LogP contribution in [0.3, 0.4) is 0 Å². The van der Waals surface area contributed by atoms with Crippen LogP contribution in [-0.4, -0.2) is 43.6 Å². The van der Waals surface area contributed by atoms with Crippen LogP contribution in [0.2, 0.25) is 0 Å². The van der Waals surface area contributed by atoms with E-state index in [1.54, 1.807) is 6.20 Å². The first-order chi connectivity index (χ1) is 11.6. The highest BCUT2D eigenvalue weighted by molar-refractivity contribution is 5.76. The van der Waals surface area contributed by atoms with Gasteiger partial charge < -0.3 is 14.0 Å². The molecule has 0 spiro atoms. The predicted molar refractivity (Wildman–Crippen MR) is 88.5 cm³/mol. The molecule has 1 saturated heterocycles.